The molecule has 0 aliphatic carbocycles. The number of aromatic nitrogens is 3. The van der Waals surface area contributed by atoms with E-state index >= 15 is 0 Å². The third-order valence-corrected chi connectivity index (χ3v) is 3.43. The Hall–Kier alpha value is -2.76. The molecule has 0 radical (unpaired) electrons. The molecule has 2 N–H and O–H groups in total. The second kappa shape index (κ2) is 11.1. The fourth-order valence-corrected chi connectivity index (χ4v) is 2.25. The van der Waals surface area contributed by atoms with E-state index in [-0.39, 0.29) is 6.42 Å². The molecule has 8 nitrogen and oxygen atoms in total. The molecule has 2 rings (SSSR count). The van der Waals surface area contributed by atoms with Crippen molar-refractivity contribution < 1.29 is 37.7 Å². The Labute approximate surface area is 156 Å². The number of ether oxygens (including phenoxy) is 1. The summed E-state index contributed by atoms with van der Waals surface area (Å²) in [6.07, 6.45) is -0.353. The molecule has 2 heterocycles. The minimum absolute atomic E-state index is 0.123. The molecule has 0 unspecified atom stereocenters. The van der Waals surface area contributed by atoms with Gasteiger partial charge in [0.1, 0.15) is 5.69 Å². The second-order valence-electron chi connectivity index (χ2n) is 5.04. The summed E-state index contributed by atoms with van der Waals surface area (Å²) >= 11 is 1.03. The molecular weight excluding hydrogens is 391 g/mol. The van der Waals surface area contributed by atoms with Gasteiger partial charge in [0.05, 0.1) is 18.3 Å². The van der Waals surface area contributed by atoms with Gasteiger partial charge in [-0.05, 0) is 31.4 Å². The average Bonchev–Trinajstić information content (AvgIpc) is 3.07. The van der Waals surface area contributed by atoms with Crippen LogP contribution >= 0.6 is 11.7 Å². The van der Waals surface area contributed by atoms with Gasteiger partial charge in [0.25, 0.3) is 5.88 Å². The summed E-state index contributed by atoms with van der Waals surface area (Å²) in [6.45, 7) is 0.330. The molecule has 0 spiro atoms. The lowest BCUT2D eigenvalue weighted by Crippen LogP contribution is -2.09. The number of carboxylic acid groups (broad SMARTS) is 2. The van der Waals surface area contributed by atoms with Gasteiger partial charge < -0.3 is 14.9 Å². The third-order valence-electron chi connectivity index (χ3n) is 2.92. The molecule has 0 saturated heterocycles. The van der Waals surface area contributed by atoms with Crippen molar-refractivity contribution in [3.8, 4) is 17.1 Å². The van der Waals surface area contributed by atoms with Crippen LogP contribution in [0.25, 0.3) is 11.3 Å². The van der Waals surface area contributed by atoms with Crippen LogP contribution < -0.4 is 4.74 Å². The first-order valence-corrected chi connectivity index (χ1v) is 8.32. The molecule has 0 saturated carbocycles. The number of pyridine rings is 1. The van der Waals surface area contributed by atoms with E-state index in [2.05, 4.69) is 13.7 Å². The summed E-state index contributed by atoms with van der Waals surface area (Å²) in [5.74, 6) is -3.24. The summed E-state index contributed by atoms with van der Waals surface area (Å²) in [7, 11) is 0. The first-order chi connectivity index (χ1) is 12.7. The van der Waals surface area contributed by atoms with Crippen LogP contribution in [0.3, 0.4) is 0 Å². The highest BCUT2D eigenvalue weighted by molar-refractivity contribution is 6.99. The van der Waals surface area contributed by atoms with E-state index in [1.165, 1.54) is 0 Å². The van der Waals surface area contributed by atoms with E-state index in [4.69, 9.17) is 24.5 Å². The fraction of sp³-hybridized carbons (Fsp3) is 0.400. The minimum atomic E-state index is -4.08. The molecular formula is C15H16F3N3O5S. The van der Waals surface area contributed by atoms with Crippen LogP contribution in [-0.4, -0.2) is 48.7 Å². The average molecular weight is 407 g/mol. The monoisotopic (exact) mass is 407 g/mol. The maximum atomic E-state index is 12.0. The van der Waals surface area contributed by atoms with Crippen molar-refractivity contribution in [2.24, 2.45) is 0 Å². The van der Waals surface area contributed by atoms with Gasteiger partial charge in [0.2, 0.25) is 0 Å². The van der Waals surface area contributed by atoms with Gasteiger partial charge in [-0.3, -0.25) is 4.98 Å². The quantitative estimate of drug-likeness (QED) is 0.530. The summed E-state index contributed by atoms with van der Waals surface area (Å²) in [5.41, 5.74) is 1.42. The number of halogens is 3. The zero-order valence-corrected chi connectivity index (χ0v) is 14.7. The van der Waals surface area contributed by atoms with Crippen LogP contribution in [-0.2, 0) is 9.59 Å². The maximum Gasteiger partial charge on any atom is 0.414 e. The van der Waals surface area contributed by atoms with Gasteiger partial charge in [-0.2, -0.15) is 17.5 Å². The number of nitrogens with zero attached hydrogens (tertiary/aromatic N) is 3. The molecule has 27 heavy (non-hydrogen) atoms. The van der Waals surface area contributed by atoms with Gasteiger partial charge in [-0.25, -0.2) is 9.59 Å². The fourth-order valence-electron chi connectivity index (χ4n) is 1.73. The van der Waals surface area contributed by atoms with Crippen LogP contribution in [0, 0.1) is 0 Å². The van der Waals surface area contributed by atoms with E-state index in [0.717, 1.165) is 17.3 Å². The van der Waals surface area contributed by atoms with Crippen LogP contribution in [0.5, 0.6) is 5.88 Å². The van der Waals surface area contributed by atoms with Crippen molar-refractivity contribution in [3.05, 3.63) is 24.5 Å². The second-order valence-corrected chi connectivity index (χ2v) is 5.57. The van der Waals surface area contributed by atoms with Crippen LogP contribution in [0.2, 0.25) is 0 Å². The normalized spacial score (nSPS) is 10.6. The molecule has 0 atom stereocenters. The highest BCUT2D eigenvalue weighted by atomic mass is 32.1. The van der Waals surface area contributed by atoms with Crippen LogP contribution in [0.15, 0.2) is 24.5 Å². The van der Waals surface area contributed by atoms with Crippen LogP contribution in [0.1, 0.15) is 25.7 Å². The van der Waals surface area contributed by atoms with Crippen molar-refractivity contribution in [1.29, 1.82) is 0 Å². The van der Waals surface area contributed by atoms with Crippen molar-refractivity contribution in [2.45, 2.75) is 31.9 Å². The van der Waals surface area contributed by atoms with Gasteiger partial charge in [-0.15, -0.1) is 4.37 Å². The van der Waals surface area contributed by atoms with E-state index < -0.39 is 24.5 Å². The Morgan fingerprint density at radius 2 is 1.81 bits per heavy atom. The first kappa shape index (κ1) is 22.3. The van der Waals surface area contributed by atoms with Crippen molar-refractivity contribution in [3.63, 3.8) is 0 Å². The Morgan fingerprint density at radius 3 is 2.37 bits per heavy atom. The molecule has 2 aromatic heterocycles. The van der Waals surface area contributed by atoms with E-state index in [9.17, 15) is 13.2 Å². The van der Waals surface area contributed by atoms with E-state index in [1.807, 2.05) is 6.07 Å². The molecule has 0 aliphatic rings. The van der Waals surface area contributed by atoms with Crippen molar-refractivity contribution >= 4 is 23.7 Å². The largest absolute Gasteiger partial charge is 0.475 e. The van der Waals surface area contributed by atoms with Crippen molar-refractivity contribution in [1.82, 2.24) is 13.7 Å². The summed E-state index contributed by atoms with van der Waals surface area (Å²) in [4.78, 5) is 22.2. The molecule has 2 aromatic rings. The number of hydrogen-bond acceptors (Lipinski definition) is 7. The van der Waals surface area contributed by atoms with E-state index in [1.54, 1.807) is 18.5 Å². The number of rotatable bonds is 7. The number of carbonyl (C=O) groups is 2. The number of alkyl halides is 3. The predicted molar refractivity (Wildman–Crippen MR) is 88.4 cm³/mol. The molecule has 12 heteroatoms. The lowest BCUT2D eigenvalue weighted by atomic mass is 10.2. The van der Waals surface area contributed by atoms with Gasteiger partial charge in [-0.1, -0.05) is 0 Å². The minimum Gasteiger partial charge on any atom is -0.475 e. The first-order valence-electron chi connectivity index (χ1n) is 7.59. The highest BCUT2D eigenvalue weighted by Gasteiger charge is 2.25. The zero-order valence-electron chi connectivity index (χ0n) is 13.8. The van der Waals surface area contributed by atoms with Crippen LogP contribution in [0.4, 0.5) is 13.2 Å². The Morgan fingerprint density at radius 1 is 1.11 bits per heavy atom. The molecule has 0 aliphatic heterocycles. The third kappa shape index (κ3) is 9.49. The smallest absolute Gasteiger partial charge is 0.414 e. The summed E-state index contributed by atoms with van der Waals surface area (Å²) in [6, 6.07) is 3.63. The lowest BCUT2D eigenvalue weighted by molar-refractivity contribution is -0.159. The SMILES string of the molecule is FC(F)(F)CCCCCOc1nsnc1-c1cccnc1.O=C(O)C(=O)O. The molecule has 0 amide bonds. The number of carboxylic acids is 2. The summed E-state index contributed by atoms with van der Waals surface area (Å²) in [5, 5.41) is 14.8. The maximum absolute atomic E-state index is 12.0. The molecule has 0 fully saturated rings. The summed E-state index contributed by atoms with van der Waals surface area (Å²) < 4.78 is 49.6. The number of hydrogen-bond donors (Lipinski definition) is 2. The zero-order chi connectivity index (χ0) is 20.3. The Kier molecular flexibility index (Phi) is 9.13. The number of aliphatic carboxylic acids is 2. The Balaban J connectivity index is 0.000000527. The predicted octanol–water partition coefficient (Wildman–Crippen LogP) is 3.26. The Bertz CT molecular complexity index is 713. The molecule has 0 bridgehead atoms. The van der Waals surface area contributed by atoms with Gasteiger partial charge in [0, 0.05) is 24.4 Å². The highest BCUT2D eigenvalue weighted by Crippen LogP contribution is 2.27. The topological polar surface area (TPSA) is 123 Å². The van der Waals surface area contributed by atoms with E-state index in [0.29, 0.717) is 31.0 Å². The van der Waals surface area contributed by atoms with Crippen molar-refractivity contribution in [2.75, 3.05) is 6.61 Å². The molecule has 148 valence electrons. The van der Waals surface area contributed by atoms with Gasteiger partial charge >= 0.3 is 18.1 Å². The van der Waals surface area contributed by atoms with Gasteiger partial charge in [0.15, 0.2) is 0 Å². The number of unbranched alkanes of at least 4 members (excludes halogenated alkanes) is 2. The molecule has 0 aromatic carbocycles. The standard InChI is InChI=1S/C13H14F3N3OS.C2H2O4/c14-13(15,16)6-2-1-3-8-20-12-11(18-21-19-12)10-5-4-7-17-9-10;3-1(4)2(5)6/h4-5,7,9H,1-3,6,8H2;(H,3,4)(H,5,6). The lowest BCUT2D eigenvalue weighted by Gasteiger charge is -2.06.